The number of ketones is 2. The van der Waals surface area contributed by atoms with Gasteiger partial charge in [0.25, 0.3) is 5.91 Å². The van der Waals surface area contributed by atoms with E-state index in [9.17, 15) is 24.6 Å². The van der Waals surface area contributed by atoms with Crippen molar-refractivity contribution in [1.82, 2.24) is 5.32 Å². The summed E-state index contributed by atoms with van der Waals surface area (Å²) in [7, 11) is 0. The Bertz CT molecular complexity index is 918. The summed E-state index contributed by atoms with van der Waals surface area (Å²) in [6.07, 6.45) is 3.07. The first-order valence-corrected chi connectivity index (χ1v) is 10.3. The van der Waals surface area contributed by atoms with Gasteiger partial charge in [0, 0.05) is 11.8 Å². The second-order valence-corrected chi connectivity index (χ2v) is 8.84. The molecule has 0 aromatic carbocycles. The fourth-order valence-corrected chi connectivity index (χ4v) is 4.82. The largest absolute Gasteiger partial charge is 0.507 e. The molecule has 0 radical (unpaired) electrons. The molecule has 4 rings (SSSR count). The third-order valence-corrected chi connectivity index (χ3v) is 6.67. The summed E-state index contributed by atoms with van der Waals surface area (Å²) in [5.74, 6) is -3.20. The summed E-state index contributed by atoms with van der Waals surface area (Å²) in [4.78, 5) is 36.0. The fourth-order valence-electron chi connectivity index (χ4n) is 4.82. The minimum atomic E-state index is -1.23. The molecule has 0 aliphatic carbocycles. The molecule has 1 amide bonds. The summed E-state index contributed by atoms with van der Waals surface area (Å²) in [5, 5.41) is 22.3. The van der Waals surface area contributed by atoms with E-state index < -0.39 is 35.3 Å². The highest BCUT2D eigenvalue weighted by molar-refractivity contribution is 6.25. The fraction of sp³-hybridized carbons (Fsp3) is 0.591. The normalized spacial score (nSPS) is 42.5. The van der Waals surface area contributed by atoms with Crippen molar-refractivity contribution >= 4 is 17.5 Å². The van der Waals surface area contributed by atoms with Crippen molar-refractivity contribution in [3.05, 3.63) is 35.1 Å². The highest BCUT2D eigenvalue weighted by Crippen LogP contribution is 2.57. The maximum absolute atomic E-state index is 12.7. The van der Waals surface area contributed by atoms with E-state index in [1.165, 1.54) is 6.08 Å². The van der Waals surface area contributed by atoms with Crippen molar-refractivity contribution in [1.29, 1.82) is 0 Å². The third-order valence-electron chi connectivity index (χ3n) is 6.67. The van der Waals surface area contributed by atoms with Gasteiger partial charge in [-0.1, -0.05) is 31.6 Å². The summed E-state index contributed by atoms with van der Waals surface area (Å²) in [5.41, 5.74) is -0.637. The van der Waals surface area contributed by atoms with Crippen molar-refractivity contribution in [2.75, 3.05) is 13.2 Å². The molecule has 4 aliphatic rings. The Morgan fingerprint density at radius 3 is 2.58 bits per heavy atom. The Morgan fingerprint density at radius 2 is 1.97 bits per heavy atom. The Kier molecular flexibility index (Phi) is 5.20. The van der Waals surface area contributed by atoms with Crippen LogP contribution in [-0.2, 0) is 28.6 Å². The van der Waals surface area contributed by atoms with E-state index in [1.54, 1.807) is 13.0 Å². The third kappa shape index (κ3) is 3.27. The van der Waals surface area contributed by atoms with Crippen molar-refractivity contribution in [2.45, 2.75) is 57.4 Å². The van der Waals surface area contributed by atoms with Crippen molar-refractivity contribution < 1.29 is 38.8 Å². The Balaban J connectivity index is 1.53. The number of allylic oxidation sites excluding steroid dienone is 3. The summed E-state index contributed by atoms with van der Waals surface area (Å²) < 4.78 is 17.8. The van der Waals surface area contributed by atoms with Crippen LogP contribution >= 0.6 is 0 Å². The molecule has 0 spiro atoms. The Hall–Kier alpha value is -2.33. The van der Waals surface area contributed by atoms with E-state index in [2.05, 4.69) is 5.32 Å². The molecule has 7 atom stereocenters. The maximum atomic E-state index is 12.7. The van der Waals surface area contributed by atoms with Gasteiger partial charge in [0.1, 0.15) is 17.4 Å². The molecule has 4 aliphatic heterocycles. The standard InChI is InChI=1S/C22H27NO8/c1-10(5-6-13(25)15-14(26)8-23-20(15)28)7-11(2)17-12(3)18-16(27)19-22(9-24,31-19)21(4,29-17)30-18/h5-7,11-12,17-19,24-25H,8-9H2,1-4H3,(H,23,28)/b6-5+,10-7+,15-13+/t11-,12-,17-,18+,19-,21+,22-/m1/s1. The van der Waals surface area contributed by atoms with E-state index in [0.717, 1.165) is 5.57 Å². The molecule has 0 aromatic rings. The number of carbonyl (C=O) groups excluding carboxylic acids is 3. The second-order valence-electron chi connectivity index (χ2n) is 8.84. The number of hydrogen-bond acceptors (Lipinski definition) is 8. The van der Waals surface area contributed by atoms with Gasteiger partial charge >= 0.3 is 0 Å². The molecular formula is C22H27NO8. The first kappa shape index (κ1) is 21.9. The zero-order valence-electron chi connectivity index (χ0n) is 17.9. The number of Topliss-reactive ketones (excluding diaryl/α,β-unsaturated/α-hetero) is 2. The van der Waals surface area contributed by atoms with Crippen molar-refractivity contribution in [2.24, 2.45) is 11.8 Å². The van der Waals surface area contributed by atoms with Gasteiger partial charge < -0.3 is 29.7 Å². The van der Waals surface area contributed by atoms with Crippen LogP contribution in [0.1, 0.15) is 27.7 Å². The predicted molar refractivity (Wildman–Crippen MR) is 107 cm³/mol. The first-order valence-electron chi connectivity index (χ1n) is 10.3. The average molecular weight is 433 g/mol. The summed E-state index contributed by atoms with van der Waals surface area (Å²) in [6.45, 7) is 6.84. The van der Waals surface area contributed by atoms with Crippen molar-refractivity contribution in [3.63, 3.8) is 0 Å². The molecule has 168 valence electrons. The lowest BCUT2D eigenvalue weighted by Crippen LogP contribution is -2.67. The van der Waals surface area contributed by atoms with Crippen LogP contribution in [0, 0.1) is 11.8 Å². The van der Waals surface area contributed by atoms with Crippen LogP contribution in [0.4, 0.5) is 0 Å². The zero-order valence-corrected chi connectivity index (χ0v) is 17.9. The molecule has 31 heavy (non-hydrogen) atoms. The molecule has 4 heterocycles. The number of nitrogens with one attached hydrogen (secondary N) is 1. The number of hydrogen-bond donors (Lipinski definition) is 3. The van der Waals surface area contributed by atoms with Gasteiger partial charge in [-0.2, -0.15) is 0 Å². The van der Waals surface area contributed by atoms with Crippen LogP contribution in [0.2, 0.25) is 0 Å². The molecule has 2 bridgehead atoms. The van der Waals surface area contributed by atoms with Gasteiger partial charge in [0.15, 0.2) is 23.3 Å². The van der Waals surface area contributed by atoms with Gasteiger partial charge in [0.05, 0.1) is 19.3 Å². The lowest BCUT2D eigenvalue weighted by Gasteiger charge is -2.51. The number of amides is 1. The monoisotopic (exact) mass is 433 g/mol. The van der Waals surface area contributed by atoms with E-state index in [0.29, 0.717) is 0 Å². The van der Waals surface area contributed by atoms with Crippen LogP contribution < -0.4 is 5.32 Å². The van der Waals surface area contributed by atoms with Gasteiger partial charge in [-0.25, -0.2) is 0 Å². The van der Waals surface area contributed by atoms with Gasteiger partial charge in [-0.3, -0.25) is 14.4 Å². The molecule has 4 fully saturated rings. The number of epoxide rings is 1. The van der Waals surface area contributed by atoms with E-state index >= 15 is 0 Å². The highest BCUT2D eigenvalue weighted by Gasteiger charge is 2.78. The summed E-state index contributed by atoms with van der Waals surface area (Å²) in [6, 6.07) is 0. The topological polar surface area (TPSA) is 135 Å². The number of ether oxygens (including phenoxy) is 3. The minimum Gasteiger partial charge on any atom is -0.507 e. The molecule has 9 nitrogen and oxygen atoms in total. The zero-order chi connectivity index (χ0) is 22.7. The predicted octanol–water partition coefficient (Wildman–Crippen LogP) is 0.485. The molecule has 0 aromatic heterocycles. The average Bonchev–Trinajstić information content (AvgIpc) is 3.40. The lowest BCUT2D eigenvalue weighted by molar-refractivity contribution is -0.355. The number of aliphatic hydroxyl groups is 2. The highest BCUT2D eigenvalue weighted by atomic mass is 16.8. The van der Waals surface area contributed by atoms with Gasteiger partial charge in [-0.15, -0.1) is 0 Å². The second kappa shape index (κ2) is 7.37. The lowest BCUT2D eigenvalue weighted by atomic mass is 9.78. The molecule has 0 unspecified atom stereocenters. The number of rotatable bonds is 5. The SMILES string of the molecule is CC(/C=C/C(O)=C1/C(=O)CNC1=O)=C\[C@@H](C)[C@H]1O[C@@]2(C)O[C@H](C(=O)[C@H]3O[C@]32CO)[C@@H]1C. The summed E-state index contributed by atoms with van der Waals surface area (Å²) >= 11 is 0. The van der Waals surface area contributed by atoms with Crippen molar-refractivity contribution in [3.8, 4) is 0 Å². The first-order chi connectivity index (χ1) is 14.5. The number of carbonyl (C=O) groups is 3. The molecule has 0 saturated carbocycles. The van der Waals surface area contributed by atoms with Crippen LogP contribution in [0.25, 0.3) is 0 Å². The van der Waals surface area contributed by atoms with Gasteiger partial charge in [-0.05, 0) is 19.9 Å². The van der Waals surface area contributed by atoms with E-state index in [4.69, 9.17) is 14.2 Å². The maximum Gasteiger partial charge on any atom is 0.259 e. The molecular weight excluding hydrogens is 406 g/mol. The number of fused-ring (bicyclic) bond motifs is 4. The Morgan fingerprint density at radius 1 is 1.26 bits per heavy atom. The Labute approximate surface area is 179 Å². The van der Waals surface area contributed by atoms with Gasteiger partial charge in [0.2, 0.25) is 5.79 Å². The van der Waals surface area contributed by atoms with E-state index in [1.807, 2.05) is 26.8 Å². The smallest absolute Gasteiger partial charge is 0.259 e. The van der Waals surface area contributed by atoms with Crippen LogP contribution in [0.15, 0.2) is 35.1 Å². The van der Waals surface area contributed by atoms with E-state index in [-0.39, 0.29) is 48.2 Å². The molecule has 9 heteroatoms. The number of aliphatic hydroxyl groups excluding tert-OH is 2. The van der Waals surface area contributed by atoms with Crippen LogP contribution in [0.3, 0.4) is 0 Å². The van der Waals surface area contributed by atoms with Crippen LogP contribution in [-0.4, -0.2) is 70.5 Å². The quantitative estimate of drug-likeness (QED) is 0.187. The molecule has 4 saturated heterocycles. The minimum absolute atomic E-state index is 0.116. The molecule has 3 N–H and O–H groups in total. The van der Waals surface area contributed by atoms with Crippen LogP contribution in [0.5, 0.6) is 0 Å².